The molecular formula is C12H10O8S3. The fraction of sp³-hybridized carbons (Fsp3) is 0. The highest BCUT2D eigenvalue weighted by Gasteiger charge is 2.20. The van der Waals surface area contributed by atoms with Crippen LogP contribution < -0.4 is 0 Å². The Morgan fingerprint density at radius 3 is 0.913 bits per heavy atom. The predicted octanol–water partition coefficient (Wildman–Crippen LogP) is 1.01. The molecule has 0 atom stereocenters. The van der Waals surface area contributed by atoms with E-state index in [1.807, 2.05) is 0 Å². The van der Waals surface area contributed by atoms with Crippen molar-refractivity contribution in [2.45, 2.75) is 19.6 Å². The van der Waals surface area contributed by atoms with Gasteiger partial charge in [0.15, 0.2) is 0 Å². The molecule has 23 heavy (non-hydrogen) atoms. The van der Waals surface area contributed by atoms with E-state index in [1.165, 1.54) is 0 Å². The van der Waals surface area contributed by atoms with Crippen molar-refractivity contribution in [2.24, 2.45) is 0 Å². The maximum absolute atomic E-state index is 12.3. The van der Waals surface area contributed by atoms with Crippen molar-refractivity contribution in [3.05, 3.63) is 48.5 Å². The van der Waals surface area contributed by atoms with Gasteiger partial charge < -0.3 is 0 Å². The highest BCUT2D eigenvalue weighted by atomic mass is 32.2. The first-order valence-electron chi connectivity index (χ1n) is 5.82. The summed E-state index contributed by atoms with van der Waals surface area (Å²) in [6.07, 6.45) is 0. The molecule has 0 aliphatic carbocycles. The molecule has 0 heterocycles. The summed E-state index contributed by atoms with van der Waals surface area (Å²) in [6.45, 7) is 0. The molecule has 0 bridgehead atoms. The van der Waals surface area contributed by atoms with Crippen LogP contribution in [0.25, 0.3) is 0 Å². The highest BCUT2D eigenvalue weighted by molar-refractivity contribution is 7.91. The van der Waals surface area contributed by atoms with Gasteiger partial charge in [-0.25, -0.2) is 8.42 Å². The summed E-state index contributed by atoms with van der Waals surface area (Å²) in [6, 6.07) is 7.68. The summed E-state index contributed by atoms with van der Waals surface area (Å²) in [5, 5.41) is 0. The van der Waals surface area contributed by atoms with E-state index in [9.17, 15) is 25.3 Å². The van der Waals surface area contributed by atoms with E-state index >= 15 is 0 Å². The monoisotopic (exact) mass is 378 g/mol. The van der Waals surface area contributed by atoms with Crippen molar-refractivity contribution in [3.8, 4) is 0 Å². The van der Waals surface area contributed by atoms with E-state index < -0.39 is 39.9 Å². The lowest BCUT2D eigenvalue weighted by atomic mass is 10.4. The maximum Gasteiger partial charge on any atom is 0.294 e. The summed E-state index contributed by atoms with van der Waals surface area (Å²) in [5.74, 6) is 0. The quantitative estimate of drug-likeness (QED) is 0.750. The van der Waals surface area contributed by atoms with Gasteiger partial charge in [0, 0.05) is 0 Å². The van der Waals surface area contributed by atoms with Gasteiger partial charge in [-0.15, -0.1) is 0 Å². The molecule has 0 saturated heterocycles. The topological polar surface area (TPSA) is 143 Å². The lowest BCUT2D eigenvalue weighted by Crippen LogP contribution is -2.04. The van der Waals surface area contributed by atoms with Gasteiger partial charge in [-0.2, -0.15) is 16.8 Å². The van der Waals surface area contributed by atoms with Gasteiger partial charge >= 0.3 is 0 Å². The summed E-state index contributed by atoms with van der Waals surface area (Å²) < 4.78 is 86.0. The fourth-order valence-electron chi connectivity index (χ4n) is 1.72. The van der Waals surface area contributed by atoms with E-state index in [0.29, 0.717) is 0 Å². The first-order valence-corrected chi connectivity index (χ1v) is 10.2. The Balaban J connectivity index is 2.46. The van der Waals surface area contributed by atoms with Crippen LogP contribution >= 0.6 is 0 Å². The van der Waals surface area contributed by atoms with E-state index in [0.717, 1.165) is 48.5 Å². The van der Waals surface area contributed by atoms with E-state index in [-0.39, 0.29) is 9.79 Å². The first kappa shape index (κ1) is 17.6. The average molecular weight is 378 g/mol. The van der Waals surface area contributed by atoms with Gasteiger partial charge in [0.1, 0.15) is 0 Å². The molecule has 0 saturated carbocycles. The molecule has 0 amide bonds. The van der Waals surface area contributed by atoms with Crippen molar-refractivity contribution in [3.63, 3.8) is 0 Å². The Morgan fingerprint density at radius 2 is 0.696 bits per heavy atom. The number of benzene rings is 2. The van der Waals surface area contributed by atoms with Crippen molar-refractivity contribution < 1.29 is 34.4 Å². The minimum absolute atomic E-state index is 0.246. The zero-order valence-corrected chi connectivity index (χ0v) is 13.6. The molecule has 2 aromatic carbocycles. The third kappa shape index (κ3) is 3.76. The standard InChI is InChI=1S/C12H10O8S3/c13-21(14,9-1-5-11(6-2-9)22(15,16)17)10-3-7-12(8-4-10)23(18,19)20/h1-8H,(H,15,16,17)(H,18,19,20). The van der Waals surface area contributed by atoms with Crippen molar-refractivity contribution in [1.82, 2.24) is 0 Å². The Hall–Kier alpha value is -1.79. The van der Waals surface area contributed by atoms with Crippen molar-refractivity contribution >= 4 is 30.1 Å². The molecule has 0 aliphatic rings. The van der Waals surface area contributed by atoms with Crippen LogP contribution in [0, 0.1) is 0 Å². The summed E-state index contributed by atoms with van der Waals surface area (Å²) in [7, 11) is -12.9. The van der Waals surface area contributed by atoms with Crippen LogP contribution in [-0.4, -0.2) is 34.4 Å². The molecule has 0 fully saturated rings. The molecule has 0 spiro atoms. The summed E-state index contributed by atoms with van der Waals surface area (Å²) >= 11 is 0. The lowest BCUT2D eigenvalue weighted by molar-refractivity contribution is 0.481. The predicted molar refractivity (Wildman–Crippen MR) is 78.0 cm³/mol. The third-order valence-corrected chi connectivity index (χ3v) is 6.39. The number of hydrogen-bond acceptors (Lipinski definition) is 6. The number of rotatable bonds is 4. The molecule has 0 aliphatic heterocycles. The Morgan fingerprint density at radius 1 is 0.478 bits per heavy atom. The fourth-order valence-corrected chi connectivity index (χ4v) is 3.94. The molecular weight excluding hydrogens is 368 g/mol. The van der Waals surface area contributed by atoms with Crippen LogP contribution in [0.5, 0.6) is 0 Å². The molecule has 2 N–H and O–H groups in total. The average Bonchev–Trinajstić information content (AvgIpc) is 2.46. The molecule has 124 valence electrons. The Bertz CT molecular complexity index is 951. The van der Waals surface area contributed by atoms with Gasteiger partial charge in [-0.3, -0.25) is 9.11 Å². The zero-order valence-electron chi connectivity index (χ0n) is 11.2. The molecule has 2 aromatic rings. The zero-order chi connectivity index (χ0) is 17.5. The van der Waals surface area contributed by atoms with Gasteiger partial charge in [-0.05, 0) is 48.5 Å². The van der Waals surface area contributed by atoms with Gasteiger partial charge in [0.2, 0.25) is 9.84 Å². The van der Waals surface area contributed by atoms with E-state index in [1.54, 1.807) is 0 Å². The molecule has 11 heteroatoms. The first-order chi connectivity index (χ1) is 10.4. The maximum atomic E-state index is 12.3. The van der Waals surface area contributed by atoms with Crippen LogP contribution in [-0.2, 0) is 30.1 Å². The lowest BCUT2D eigenvalue weighted by Gasteiger charge is -2.06. The molecule has 8 nitrogen and oxygen atoms in total. The van der Waals surface area contributed by atoms with E-state index in [4.69, 9.17) is 9.11 Å². The molecule has 2 rings (SSSR count). The second-order valence-electron chi connectivity index (χ2n) is 4.40. The molecule has 0 radical (unpaired) electrons. The van der Waals surface area contributed by atoms with Crippen LogP contribution in [0.1, 0.15) is 0 Å². The number of hydrogen-bond donors (Lipinski definition) is 2. The second-order valence-corrected chi connectivity index (χ2v) is 9.19. The van der Waals surface area contributed by atoms with Crippen LogP contribution in [0.4, 0.5) is 0 Å². The minimum atomic E-state index is -4.44. The molecule has 0 aromatic heterocycles. The van der Waals surface area contributed by atoms with Crippen molar-refractivity contribution in [1.29, 1.82) is 0 Å². The Labute approximate surface area is 132 Å². The third-order valence-electron chi connectivity index (χ3n) is 2.86. The van der Waals surface area contributed by atoms with Gasteiger partial charge in [0.05, 0.1) is 19.6 Å². The highest BCUT2D eigenvalue weighted by Crippen LogP contribution is 2.23. The van der Waals surface area contributed by atoms with Crippen molar-refractivity contribution in [2.75, 3.05) is 0 Å². The molecule has 0 unspecified atom stereocenters. The van der Waals surface area contributed by atoms with E-state index in [2.05, 4.69) is 0 Å². The van der Waals surface area contributed by atoms with Gasteiger partial charge in [0.25, 0.3) is 20.2 Å². The normalized spacial score (nSPS) is 13.0. The number of sulfone groups is 1. The minimum Gasteiger partial charge on any atom is -0.282 e. The van der Waals surface area contributed by atoms with Crippen LogP contribution in [0.2, 0.25) is 0 Å². The van der Waals surface area contributed by atoms with Gasteiger partial charge in [-0.1, -0.05) is 0 Å². The summed E-state index contributed by atoms with van der Waals surface area (Å²) in [4.78, 5) is -1.41. The SMILES string of the molecule is O=S(=O)(O)c1ccc(S(=O)(=O)c2ccc(S(=O)(=O)O)cc2)cc1. The van der Waals surface area contributed by atoms with Crippen LogP contribution in [0.3, 0.4) is 0 Å². The van der Waals surface area contributed by atoms with Crippen LogP contribution in [0.15, 0.2) is 68.1 Å². The second kappa shape index (κ2) is 5.69. The summed E-state index contributed by atoms with van der Waals surface area (Å²) in [5.41, 5.74) is 0. The Kier molecular flexibility index (Phi) is 4.34. The smallest absolute Gasteiger partial charge is 0.282 e. The largest absolute Gasteiger partial charge is 0.294 e.